The Bertz CT molecular complexity index is 1210. The van der Waals surface area contributed by atoms with Gasteiger partial charge < -0.3 is 9.42 Å². The summed E-state index contributed by atoms with van der Waals surface area (Å²) in [5.74, 6) is 0.451. The summed E-state index contributed by atoms with van der Waals surface area (Å²) in [5.41, 5.74) is 2.05. The molecule has 1 aliphatic rings. The Kier molecular flexibility index (Phi) is 5.59. The molecule has 0 atom stereocenters. The quantitative estimate of drug-likeness (QED) is 0.622. The van der Waals surface area contributed by atoms with Crippen LogP contribution in [0.15, 0.2) is 51.9 Å². The molecule has 156 valence electrons. The summed E-state index contributed by atoms with van der Waals surface area (Å²) in [6.07, 6.45) is 1.32. The van der Waals surface area contributed by atoms with Crippen LogP contribution in [0.3, 0.4) is 0 Å². The maximum absolute atomic E-state index is 12.7. The minimum atomic E-state index is -3.81. The summed E-state index contributed by atoms with van der Waals surface area (Å²) < 4.78 is 33.0. The number of rotatable bonds is 6. The lowest BCUT2D eigenvalue weighted by molar-refractivity contribution is -0.117. The number of aromatic nitrogens is 2. The molecule has 1 amide bonds. The van der Waals surface area contributed by atoms with Crippen LogP contribution >= 0.6 is 11.6 Å². The molecule has 3 aromatic rings. The minimum absolute atomic E-state index is 0.0533. The first-order valence-corrected chi connectivity index (χ1v) is 11.2. The van der Waals surface area contributed by atoms with Crippen molar-refractivity contribution in [2.24, 2.45) is 0 Å². The lowest BCUT2D eigenvalue weighted by Crippen LogP contribution is -2.26. The van der Waals surface area contributed by atoms with Crippen molar-refractivity contribution in [2.75, 3.05) is 11.4 Å². The van der Waals surface area contributed by atoms with E-state index in [1.165, 1.54) is 6.07 Å². The fourth-order valence-corrected chi connectivity index (χ4v) is 4.60. The highest BCUT2D eigenvalue weighted by Crippen LogP contribution is 2.28. The fraction of sp³-hybridized carbons (Fsp3) is 0.250. The third-order valence-corrected chi connectivity index (χ3v) is 6.57. The molecule has 1 saturated heterocycles. The third kappa shape index (κ3) is 4.09. The molecule has 2 heterocycles. The Morgan fingerprint density at radius 2 is 2.03 bits per heavy atom. The molecule has 0 unspecified atom stereocenters. The lowest BCUT2D eigenvalue weighted by atomic mass is 10.2. The number of hydrogen-bond acceptors (Lipinski definition) is 6. The predicted molar refractivity (Wildman–Crippen MR) is 112 cm³/mol. The molecule has 4 rings (SSSR count). The highest BCUT2D eigenvalue weighted by molar-refractivity contribution is 7.89. The van der Waals surface area contributed by atoms with E-state index in [4.69, 9.17) is 16.1 Å². The van der Waals surface area contributed by atoms with Gasteiger partial charge in [-0.25, -0.2) is 13.1 Å². The minimum Gasteiger partial charge on any atom is -0.338 e. The van der Waals surface area contributed by atoms with Crippen molar-refractivity contribution in [3.63, 3.8) is 0 Å². The summed E-state index contributed by atoms with van der Waals surface area (Å²) in [6.45, 7) is 2.27. The number of halogens is 1. The standard InChI is InChI=1S/C20H19ClN4O4S/c1-13-11-14(8-9-17(13)25-10-4-7-19(25)26)30(27,28)22-12-18-23-20(24-29-18)15-5-2-3-6-16(15)21/h2-3,5-6,8-9,11,22H,4,7,10,12H2,1H3. The number of hydrogen-bond donors (Lipinski definition) is 1. The molecule has 10 heteroatoms. The number of amides is 1. The molecule has 0 aliphatic carbocycles. The molecule has 0 bridgehead atoms. The molecule has 8 nitrogen and oxygen atoms in total. The second kappa shape index (κ2) is 8.17. The second-order valence-electron chi connectivity index (χ2n) is 6.91. The van der Waals surface area contributed by atoms with Crippen LogP contribution in [0.2, 0.25) is 5.02 Å². The number of nitrogens with one attached hydrogen (secondary N) is 1. The summed E-state index contributed by atoms with van der Waals surface area (Å²) in [4.78, 5) is 17.9. The van der Waals surface area contributed by atoms with E-state index in [1.54, 1.807) is 48.2 Å². The van der Waals surface area contributed by atoms with E-state index >= 15 is 0 Å². The van der Waals surface area contributed by atoms with Crippen molar-refractivity contribution in [3.8, 4) is 11.4 Å². The SMILES string of the molecule is Cc1cc(S(=O)(=O)NCc2nc(-c3ccccc3Cl)no2)ccc1N1CCCC1=O. The normalized spacial score (nSPS) is 14.5. The summed E-state index contributed by atoms with van der Waals surface area (Å²) in [7, 11) is -3.81. The van der Waals surface area contributed by atoms with Gasteiger partial charge in [-0.1, -0.05) is 28.9 Å². The fourth-order valence-electron chi connectivity index (χ4n) is 3.32. The molecule has 1 fully saturated rings. The molecule has 0 radical (unpaired) electrons. The number of carbonyl (C=O) groups is 1. The van der Waals surface area contributed by atoms with E-state index < -0.39 is 10.0 Å². The van der Waals surface area contributed by atoms with Crippen LogP contribution in [-0.2, 0) is 21.4 Å². The Morgan fingerprint density at radius 3 is 2.73 bits per heavy atom. The zero-order chi connectivity index (χ0) is 21.3. The molecule has 0 saturated carbocycles. The third-order valence-electron chi connectivity index (χ3n) is 4.84. The van der Waals surface area contributed by atoms with E-state index in [0.717, 1.165) is 12.1 Å². The van der Waals surface area contributed by atoms with Gasteiger partial charge in [-0.3, -0.25) is 4.79 Å². The van der Waals surface area contributed by atoms with Crippen LogP contribution in [0, 0.1) is 6.92 Å². The van der Waals surface area contributed by atoms with Crippen LogP contribution in [-0.4, -0.2) is 31.0 Å². The van der Waals surface area contributed by atoms with E-state index in [9.17, 15) is 13.2 Å². The van der Waals surface area contributed by atoms with Crippen LogP contribution in [0.4, 0.5) is 5.69 Å². The maximum Gasteiger partial charge on any atom is 0.242 e. The first kappa shape index (κ1) is 20.5. The number of nitrogens with zero attached hydrogens (tertiary/aromatic N) is 3. The maximum atomic E-state index is 12.7. The van der Waals surface area contributed by atoms with E-state index in [2.05, 4.69) is 14.9 Å². The predicted octanol–water partition coefficient (Wildman–Crippen LogP) is 3.30. The van der Waals surface area contributed by atoms with Gasteiger partial charge in [-0.2, -0.15) is 4.98 Å². The van der Waals surface area contributed by atoms with Crippen molar-refractivity contribution in [1.82, 2.24) is 14.9 Å². The number of carbonyl (C=O) groups excluding carboxylic acids is 1. The highest BCUT2D eigenvalue weighted by Gasteiger charge is 2.24. The Morgan fingerprint density at radius 1 is 1.23 bits per heavy atom. The molecule has 0 spiro atoms. The smallest absolute Gasteiger partial charge is 0.242 e. The molecule has 1 aliphatic heterocycles. The molecule has 1 N–H and O–H groups in total. The average molecular weight is 447 g/mol. The Hall–Kier alpha value is -2.75. The van der Waals surface area contributed by atoms with Gasteiger partial charge in [0.25, 0.3) is 0 Å². The van der Waals surface area contributed by atoms with E-state index in [1.807, 2.05) is 0 Å². The number of sulfonamides is 1. The van der Waals surface area contributed by atoms with Crippen molar-refractivity contribution < 1.29 is 17.7 Å². The molecular weight excluding hydrogens is 428 g/mol. The molecule has 2 aromatic carbocycles. The zero-order valence-electron chi connectivity index (χ0n) is 16.1. The number of benzene rings is 2. The van der Waals surface area contributed by atoms with Crippen molar-refractivity contribution in [2.45, 2.75) is 31.2 Å². The zero-order valence-corrected chi connectivity index (χ0v) is 17.7. The van der Waals surface area contributed by atoms with Gasteiger partial charge in [0.2, 0.25) is 27.6 Å². The summed E-state index contributed by atoms with van der Waals surface area (Å²) in [6, 6.07) is 11.7. The van der Waals surface area contributed by atoms with Crippen molar-refractivity contribution in [1.29, 1.82) is 0 Å². The molecule has 30 heavy (non-hydrogen) atoms. The average Bonchev–Trinajstić information content (AvgIpc) is 3.36. The van der Waals surface area contributed by atoms with Gasteiger partial charge in [-0.05, 0) is 49.2 Å². The van der Waals surface area contributed by atoms with Gasteiger partial charge >= 0.3 is 0 Å². The van der Waals surface area contributed by atoms with Crippen molar-refractivity contribution in [3.05, 3.63) is 58.9 Å². The topological polar surface area (TPSA) is 105 Å². The first-order chi connectivity index (χ1) is 14.3. The van der Waals surface area contributed by atoms with Gasteiger partial charge in [0.05, 0.1) is 16.5 Å². The summed E-state index contributed by atoms with van der Waals surface area (Å²) >= 11 is 6.12. The first-order valence-electron chi connectivity index (χ1n) is 9.33. The molecule has 1 aromatic heterocycles. The largest absolute Gasteiger partial charge is 0.338 e. The number of aryl methyl sites for hydroxylation is 1. The molecular formula is C20H19ClN4O4S. The lowest BCUT2D eigenvalue weighted by Gasteiger charge is -2.19. The summed E-state index contributed by atoms with van der Waals surface area (Å²) in [5, 5.41) is 4.32. The van der Waals surface area contributed by atoms with Crippen LogP contribution < -0.4 is 9.62 Å². The number of anilines is 1. The van der Waals surface area contributed by atoms with Crippen LogP contribution in [0.5, 0.6) is 0 Å². The highest BCUT2D eigenvalue weighted by atomic mass is 35.5. The Balaban J connectivity index is 1.48. The second-order valence-corrected chi connectivity index (χ2v) is 9.09. The van der Waals surface area contributed by atoms with Gasteiger partial charge in [-0.15, -0.1) is 0 Å². The van der Waals surface area contributed by atoms with Crippen LogP contribution in [0.25, 0.3) is 11.4 Å². The van der Waals surface area contributed by atoms with Gasteiger partial charge in [0, 0.05) is 24.2 Å². The Labute approximate surface area is 178 Å². The monoisotopic (exact) mass is 446 g/mol. The van der Waals surface area contributed by atoms with E-state index in [0.29, 0.717) is 29.1 Å². The van der Waals surface area contributed by atoms with Crippen LogP contribution in [0.1, 0.15) is 24.3 Å². The van der Waals surface area contributed by atoms with Gasteiger partial charge in [0.1, 0.15) is 0 Å². The van der Waals surface area contributed by atoms with E-state index in [-0.39, 0.29) is 29.1 Å². The van der Waals surface area contributed by atoms with Crippen molar-refractivity contribution >= 4 is 33.2 Å². The van der Waals surface area contributed by atoms with Gasteiger partial charge in [0.15, 0.2) is 0 Å².